The van der Waals surface area contributed by atoms with Crippen LogP contribution in [-0.2, 0) is 22.1 Å². The number of anilines is 2. The molecule has 0 atom stereocenters. The summed E-state index contributed by atoms with van der Waals surface area (Å²) in [5.74, 6) is 0.379. The van der Waals surface area contributed by atoms with Crippen LogP contribution in [0.15, 0.2) is 28.7 Å². The molecular formula is C21H23F3N2O4. The van der Waals surface area contributed by atoms with Gasteiger partial charge >= 0.3 is 6.18 Å². The van der Waals surface area contributed by atoms with E-state index in [0.717, 1.165) is 12.1 Å². The van der Waals surface area contributed by atoms with Crippen LogP contribution in [0.1, 0.15) is 40.8 Å². The summed E-state index contributed by atoms with van der Waals surface area (Å²) < 4.78 is 50.3. The normalized spacial score (nSPS) is 14.6. The van der Waals surface area contributed by atoms with E-state index in [2.05, 4.69) is 5.32 Å². The van der Waals surface area contributed by atoms with Crippen molar-refractivity contribution in [3.05, 3.63) is 46.9 Å². The summed E-state index contributed by atoms with van der Waals surface area (Å²) in [6, 6.07) is 4.93. The minimum Gasteiger partial charge on any atom is -0.466 e. The molecule has 1 aromatic carbocycles. The van der Waals surface area contributed by atoms with Crippen LogP contribution < -0.4 is 10.2 Å². The molecule has 2 aromatic rings. The first-order valence-electron chi connectivity index (χ1n) is 9.59. The van der Waals surface area contributed by atoms with Crippen LogP contribution in [0.4, 0.5) is 24.5 Å². The number of carbonyl (C=O) groups excluding carboxylic acids is 2. The van der Waals surface area contributed by atoms with E-state index < -0.39 is 17.6 Å². The lowest BCUT2D eigenvalue weighted by Crippen LogP contribution is -2.36. The number of Topliss-reactive ketones (excluding diaryl/α,β-unsaturated/α-hetero) is 1. The Morgan fingerprint density at radius 2 is 1.87 bits per heavy atom. The highest BCUT2D eigenvalue weighted by Gasteiger charge is 2.32. The molecule has 2 heterocycles. The molecule has 162 valence electrons. The number of alkyl halides is 3. The molecule has 30 heavy (non-hydrogen) atoms. The van der Waals surface area contributed by atoms with Crippen molar-refractivity contribution in [1.29, 1.82) is 0 Å². The number of rotatable bonds is 6. The van der Waals surface area contributed by atoms with Crippen LogP contribution in [0.25, 0.3) is 0 Å². The quantitative estimate of drug-likeness (QED) is 0.703. The number of nitrogens with zero attached hydrogens (tertiary/aromatic N) is 1. The van der Waals surface area contributed by atoms with Crippen molar-refractivity contribution in [3.63, 3.8) is 0 Å². The van der Waals surface area contributed by atoms with Crippen LogP contribution in [0.5, 0.6) is 0 Å². The predicted molar refractivity (Wildman–Crippen MR) is 105 cm³/mol. The van der Waals surface area contributed by atoms with Crippen molar-refractivity contribution >= 4 is 23.1 Å². The number of carbonyl (C=O) groups is 2. The van der Waals surface area contributed by atoms with Gasteiger partial charge in [0.2, 0.25) is 5.91 Å². The number of aryl methyl sites for hydroxylation is 2. The van der Waals surface area contributed by atoms with Crippen LogP contribution in [0.3, 0.4) is 0 Å². The lowest BCUT2D eigenvalue weighted by atomic mass is 10.1. The van der Waals surface area contributed by atoms with Crippen LogP contribution in [0.2, 0.25) is 0 Å². The van der Waals surface area contributed by atoms with E-state index in [9.17, 15) is 22.8 Å². The van der Waals surface area contributed by atoms with E-state index in [1.165, 1.54) is 13.0 Å². The molecular weight excluding hydrogens is 401 g/mol. The first-order chi connectivity index (χ1) is 14.1. The van der Waals surface area contributed by atoms with Gasteiger partial charge in [0.15, 0.2) is 5.78 Å². The number of ether oxygens (including phenoxy) is 1. The molecule has 1 aliphatic rings. The molecule has 1 saturated heterocycles. The number of benzene rings is 1. The molecule has 0 spiro atoms. The zero-order valence-electron chi connectivity index (χ0n) is 16.8. The summed E-state index contributed by atoms with van der Waals surface area (Å²) in [6.45, 7) is 5.06. The molecule has 0 unspecified atom stereocenters. The molecule has 0 bridgehead atoms. The fourth-order valence-corrected chi connectivity index (χ4v) is 3.36. The highest BCUT2D eigenvalue weighted by Crippen LogP contribution is 2.36. The van der Waals surface area contributed by atoms with Gasteiger partial charge in [-0.25, -0.2) is 0 Å². The Morgan fingerprint density at radius 1 is 1.17 bits per heavy atom. The summed E-state index contributed by atoms with van der Waals surface area (Å²) in [7, 11) is 0. The SMILES string of the molecule is CC(=O)c1cc(CCC(=O)Nc2cc(C(F)(F)F)ccc2N2CCOCC2)oc1C. The maximum Gasteiger partial charge on any atom is 0.416 e. The lowest BCUT2D eigenvalue weighted by molar-refractivity contribution is -0.137. The standard InChI is InChI=1S/C21H23F3N2O4/c1-13(27)17-12-16(30-14(17)2)4-6-20(28)25-18-11-15(21(22,23)24)3-5-19(18)26-7-9-29-10-8-26/h3,5,11-12H,4,6-10H2,1-2H3,(H,25,28). The third kappa shape index (κ3) is 5.21. The van der Waals surface area contributed by atoms with Gasteiger partial charge in [0.05, 0.1) is 35.7 Å². The minimum absolute atomic E-state index is 0.00307. The second-order valence-electron chi connectivity index (χ2n) is 7.12. The lowest BCUT2D eigenvalue weighted by Gasteiger charge is -2.31. The fraction of sp³-hybridized carbons (Fsp3) is 0.429. The van der Waals surface area contributed by atoms with Crippen molar-refractivity contribution in [2.75, 3.05) is 36.5 Å². The average molecular weight is 424 g/mol. The molecule has 1 fully saturated rings. The second-order valence-corrected chi connectivity index (χ2v) is 7.12. The van der Waals surface area contributed by atoms with Crippen molar-refractivity contribution in [2.45, 2.75) is 32.9 Å². The van der Waals surface area contributed by atoms with Gasteiger partial charge in [-0.1, -0.05) is 0 Å². The average Bonchev–Trinajstić information content (AvgIpc) is 3.07. The van der Waals surface area contributed by atoms with Gasteiger partial charge < -0.3 is 19.4 Å². The van der Waals surface area contributed by atoms with E-state index in [1.807, 2.05) is 4.90 Å². The van der Waals surface area contributed by atoms with Gasteiger partial charge in [0.25, 0.3) is 0 Å². The summed E-state index contributed by atoms with van der Waals surface area (Å²) in [6.07, 6.45) is -4.29. The van der Waals surface area contributed by atoms with E-state index in [4.69, 9.17) is 9.15 Å². The molecule has 1 aliphatic heterocycles. The first-order valence-corrected chi connectivity index (χ1v) is 9.59. The van der Waals surface area contributed by atoms with Crippen molar-refractivity contribution < 1.29 is 31.9 Å². The maximum absolute atomic E-state index is 13.2. The molecule has 1 aromatic heterocycles. The Balaban J connectivity index is 1.75. The third-order valence-electron chi connectivity index (χ3n) is 4.90. The van der Waals surface area contributed by atoms with Crippen molar-refractivity contribution in [1.82, 2.24) is 0 Å². The molecule has 0 saturated carbocycles. The Morgan fingerprint density at radius 3 is 2.47 bits per heavy atom. The number of hydrogen-bond donors (Lipinski definition) is 1. The Labute approximate surface area is 172 Å². The zero-order chi connectivity index (χ0) is 21.9. The molecule has 1 amide bonds. The number of nitrogens with one attached hydrogen (secondary N) is 1. The largest absolute Gasteiger partial charge is 0.466 e. The molecule has 0 aliphatic carbocycles. The van der Waals surface area contributed by atoms with Gasteiger partial charge in [-0.15, -0.1) is 0 Å². The Hall–Kier alpha value is -2.81. The van der Waals surface area contributed by atoms with Crippen LogP contribution in [-0.4, -0.2) is 38.0 Å². The molecule has 0 radical (unpaired) electrons. The third-order valence-corrected chi connectivity index (χ3v) is 4.90. The molecule has 6 nitrogen and oxygen atoms in total. The zero-order valence-corrected chi connectivity index (χ0v) is 16.8. The first kappa shape index (κ1) is 21.9. The summed E-state index contributed by atoms with van der Waals surface area (Å²) in [5.41, 5.74) is 0.254. The van der Waals surface area contributed by atoms with Gasteiger partial charge in [0, 0.05) is 25.9 Å². The van der Waals surface area contributed by atoms with Crippen LogP contribution >= 0.6 is 0 Å². The molecule has 9 heteroatoms. The van der Waals surface area contributed by atoms with Crippen molar-refractivity contribution in [3.8, 4) is 0 Å². The highest BCUT2D eigenvalue weighted by molar-refractivity contribution is 5.96. The number of morpholine rings is 1. The predicted octanol–water partition coefficient (Wildman–Crippen LogP) is 4.22. The second kappa shape index (κ2) is 8.91. The van der Waals surface area contributed by atoms with Crippen molar-refractivity contribution in [2.24, 2.45) is 0 Å². The fourth-order valence-electron chi connectivity index (χ4n) is 3.36. The van der Waals surface area contributed by atoms with E-state index in [1.54, 1.807) is 13.0 Å². The Kier molecular flexibility index (Phi) is 6.50. The minimum atomic E-state index is -4.52. The number of ketones is 1. The monoisotopic (exact) mass is 424 g/mol. The number of amides is 1. The Bertz CT molecular complexity index is 931. The summed E-state index contributed by atoms with van der Waals surface area (Å²) >= 11 is 0. The molecule has 1 N–H and O–H groups in total. The number of furan rings is 1. The topological polar surface area (TPSA) is 71.8 Å². The summed E-state index contributed by atoms with van der Waals surface area (Å²) in [4.78, 5) is 25.9. The van der Waals surface area contributed by atoms with Gasteiger partial charge in [-0.05, 0) is 38.1 Å². The maximum atomic E-state index is 13.2. The van der Waals surface area contributed by atoms with Gasteiger partial charge in [-0.2, -0.15) is 13.2 Å². The van der Waals surface area contributed by atoms with Crippen LogP contribution in [0, 0.1) is 6.92 Å². The highest BCUT2D eigenvalue weighted by atomic mass is 19.4. The van der Waals surface area contributed by atoms with E-state index in [0.29, 0.717) is 49.1 Å². The van der Waals surface area contributed by atoms with Gasteiger partial charge in [-0.3, -0.25) is 9.59 Å². The number of hydrogen-bond acceptors (Lipinski definition) is 5. The summed E-state index contributed by atoms with van der Waals surface area (Å²) in [5, 5.41) is 2.60. The number of halogens is 3. The van der Waals surface area contributed by atoms with E-state index >= 15 is 0 Å². The smallest absolute Gasteiger partial charge is 0.416 e. The van der Waals surface area contributed by atoms with Gasteiger partial charge in [0.1, 0.15) is 11.5 Å². The van der Waals surface area contributed by atoms with E-state index in [-0.39, 0.29) is 24.3 Å². The molecule has 3 rings (SSSR count).